The van der Waals surface area contributed by atoms with E-state index in [0.29, 0.717) is 5.56 Å². The van der Waals surface area contributed by atoms with Gasteiger partial charge in [0.25, 0.3) is 0 Å². The van der Waals surface area contributed by atoms with Crippen LogP contribution in [-0.4, -0.2) is 17.7 Å². The van der Waals surface area contributed by atoms with Crippen molar-refractivity contribution in [2.75, 3.05) is 6.61 Å². The molecule has 0 heterocycles. The van der Waals surface area contributed by atoms with E-state index in [-0.39, 0.29) is 12.2 Å². The molecule has 3 heteroatoms. The third kappa shape index (κ3) is 3.31. The topological polar surface area (TPSA) is 46.5 Å². The van der Waals surface area contributed by atoms with Gasteiger partial charge in [-0.3, -0.25) is 0 Å². The molecule has 1 rings (SSSR count). The number of aryl methyl sites for hydroxylation is 1. The molecule has 0 aromatic heterocycles. The van der Waals surface area contributed by atoms with Crippen LogP contribution in [0.2, 0.25) is 0 Å². The van der Waals surface area contributed by atoms with Crippen LogP contribution >= 0.6 is 0 Å². The minimum absolute atomic E-state index is 0.0377. The van der Waals surface area contributed by atoms with E-state index in [4.69, 9.17) is 4.74 Å². The normalized spacial score (nSPS) is 11.5. The van der Waals surface area contributed by atoms with Crippen molar-refractivity contribution in [2.45, 2.75) is 20.0 Å². The van der Waals surface area contributed by atoms with Crippen molar-refractivity contribution in [3.8, 4) is 0 Å². The van der Waals surface area contributed by atoms with E-state index in [9.17, 15) is 9.90 Å². The summed E-state index contributed by atoms with van der Waals surface area (Å²) in [4.78, 5) is 11.5. The summed E-state index contributed by atoms with van der Waals surface area (Å²) in [6, 6.07) is 7.25. The molecule has 0 saturated heterocycles. The monoisotopic (exact) mass is 232 g/mol. The maximum Gasteiger partial charge on any atom is 0.344 e. The average molecular weight is 232 g/mol. The summed E-state index contributed by atoms with van der Waals surface area (Å²) in [5.74, 6) is -0.587. The summed E-state index contributed by atoms with van der Waals surface area (Å²) in [6.07, 6.45) is -1.05. The van der Waals surface area contributed by atoms with E-state index in [1.54, 1.807) is 19.1 Å². The molecule has 3 nitrogen and oxygen atoms in total. The van der Waals surface area contributed by atoms with Crippen LogP contribution in [-0.2, 0) is 9.53 Å². The molecule has 0 fully saturated rings. The van der Waals surface area contributed by atoms with Crippen LogP contribution in [0.5, 0.6) is 0 Å². The third-order valence-corrected chi connectivity index (χ3v) is 2.35. The smallest absolute Gasteiger partial charge is 0.344 e. The van der Waals surface area contributed by atoms with Gasteiger partial charge in [-0.25, -0.2) is 4.79 Å². The Labute approximate surface area is 101 Å². The standard InChI is InChI=1S/C14H16O3/c1-4-12(14(16)17-5-2)13(15)11-8-6-10(3)7-9-11/h6-9,13,15H,1,5H2,2-3H3. The van der Waals surface area contributed by atoms with Gasteiger partial charge in [0.05, 0.1) is 6.61 Å². The fourth-order valence-corrected chi connectivity index (χ4v) is 1.40. The Hall–Kier alpha value is -1.83. The first-order chi connectivity index (χ1) is 8.10. The number of carbonyl (C=O) groups is 1. The summed E-state index contributed by atoms with van der Waals surface area (Å²) in [5.41, 5.74) is 4.18. The fourth-order valence-electron chi connectivity index (χ4n) is 1.40. The van der Waals surface area contributed by atoms with E-state index < -0.39 is 12.1 Å². The first kappa shape index (κ1) is 13.2. The van der Waals surface area contributed by atoms with Gasteiger partial charge >= 0.3 is 5.97 Å². The van der Waals surface area contributed by atoms with E-state index in [0.717, 1.165) is 5.56 Å². The average Bonchev–Trinajstić information content (AvgIpc) is 2.31. The SMILES string of the molecule is C=C=C(C(=O)OCC)C(O)c1ccc(C)cc1. The molecule has 1 N–H and O–H groups in total. The van der Waals surface area contributed by atoms with E-state index in [1.165, 1.54) is 0 Å². The Morgan fingerprint density at radius 1 is 1.47 bits per heavy atom. The van der Waals surface area contributed by atoms with E-state index >= 15 is 0 Å². The lowest BCUT2D eigenvalue weighted by Crippen LogP contribution is -2.14. The molecule has 17 heavy (non-hydrogen) atoms. The second-order valence-corrected chi connectivity index (χ2v) is 3.62. The predicted molar refractivity (Wildman–Crippen MR) is 65.4 cm³/mol. The van der Waals surface area contributed by atoms with Crippen molar-refractivity contribution < 1.29 is 14.6 Å². The lowest BCUT2D eigenvalue weighted by Gasteiger charge is -2.12. The Morgan fingerprint density at radius 2 is 2.06 bits per heavy atom. The first-order valence-electron chi connectivity index (χ1n) is 5.41. The maximum absolute atomic E-state index is 11.5. The molecule has 90 valence electrons. The predicted octanol–water partition coefficient (Wildman–Crippen LogP) is 2.30. The van der Waals surface area contributed by atoms with Crippen LogP contribution < -0.4 is 0 Å². The van der Waals surface area contributed by atoms with Gasteiger partial charge in [-0.2, -0.15) is 0 Å². The van der Waals surface area contributed by atoms with Gasteiger partial charge in [0.1, 0.15) is 11.7 Å². The number of carbonyl (C=O) groups excluding carboxylic acids is 1. The number of rotatable bonds is 4. The van der Waals surface area contributed by atoms with Crippen molar-refractivity contribution in [1.29, 1.82) is 0 Å². The second-order valence-electron chi connectivity index (χ2n) is 3.62. The Bertz CT molecular complexity index is 439. The lowest BCUT2D eigenvalue weighted by atomic mass is 10.0. The molecule has 0 aliphatic heterocycles. The zero-order valence-corrected chi connectivity index (χ0v) is 10.1. The number of hydrogen-bond acceptors (Lipinski definition) is 3. The van der Waals surface area contributed by atoms with Crippen molar-refractivity contribution in [3.05, 3.63) is 53.3 Å². The Kier molecular flexibility index (Phi) is 4.70. The molecule has 0 bridgehead atoms. The Morgan fingerprint density at radius 3 is 2.53 bits per heavy atom. The van der Waals surface area contributed by atoms with Crippen molar-refractivity contribution in [3.63, 3.8) is 0 Å². The second kappa shape index (κ2) is 6.04. The highest BCUT2D eigenvalue weighted by Gasteiger charge is 2.20. The number of esters is 1. The number of benzene rings is 1. The molecule has 1 unspecified atom stereocenters. The van der Waals surface area contributed by atoms with Crippen molar-refractivity contribution in [1.82, 2.24) is 0 Å². The highest BCUT2D eigenvalue weighted by Crippen LogP contribution is 2.22. The van der Waals surface area contributed by atoms with Gasteiger partial charge in [-0.1, -0.05) is 36.4 Å². The summed E-state index contributed by atoms with van der Waals surface area (Å²) >= 11 is 0. The zero-order valence-electron chi connectivity index (χ0n) is 10.1. The quantitative estimate of drug-likeness (QED) is 0.492. The van der Waals surface area contributed by atoms with Gasteiger partial charge in [0.15, 0.2) is 0 Å². The van der Waals surface area contributed by atoms with Gasteiger partial charge in [-0.05, 0) is 19.4 Å². The summed E-state index contributed by atoms with van der Waals surface area (Å²) < 4.78 is 4.82. The molecule has 0 saturated carbocycles. The highest BCUT2D eigenvalue weighted by atomic mass is 16.5. The fraction of sp³-hybridized carbons (Fsp3) is 0.286. The Balaban J connectivity index is 2.94. The van der Waals surface area contributed by atoms with Gasteiger partial charge in [0.2, 0.25) is 0 Å². The first-order valence-corrected chi connectivity index (χ1v) is 5.41. The number of hydrogen-bond donors (Lipinski definition) is 1. The maximum atomic E-state index is 11.5. The van der Waals surface area contributed by atoms with Crippen LogP contribution in [0.25, 0.3) is 0 Å². The highest BCUT2D eigenvalue weighted by molar-refractivity contribution is 5.89. The number of aliphatic hydroxyl groups excluding tert-OH is 1. The summed E-state index contributed by atoms with van der Waals surface area (Å²) in [7, 11) is 0. The van der Waals surface area contributed by atoms with Crippen molar-refractivity contribution >= 4 is 5.97 Å². The van der Waals surface area contributed by atoms with Crippen LogP contribution in [0.3, 0.4) is 0 Å². The molecule has 0 radical (unpaired) electrons. The van der Waals surface area contributed by atoms with Crippen molar-refractivity contribution in [2.24, 2.45) is 0 Å². The van der Waals surface area contributed by atoms with Crippen LogP contribution in [0.1, 0.15) is 24.2 Å². The third-order valence-electron chi connectivity index (χ3n) is 2.35. The number of ether oxygens (including phenoxy) is 1. The molecule has 1 atom stereocenters. The molecular weight excluding hydrogens is 216 g/mol. The molecule has 1 aromatic rings. The molecule has 1 aromatic carbocycles. The van der Waals surface area contributed by atoms with E-state index in [1.807, 2.05) is 19.1 Å². The van der Waals surface area contributed by atoms with Gasteiger partial charge in [0, 0.05) is 0 Å². The number of aliphatic hydroxyl groups is 1. The van der Waals surface area contributed by atoms with Gasteiger partial charge in [-0.15, -0.1) is 5.73 Å². The minimum atomic E-state index is -1.05. The minimum Gasteiger partial charge on any atom is -0.462 e. The van der Waals surface area contributed by atoms with E-state index in [2.05, 4.69) is 12.3 Å². The summed E-state index contributed by atoms with van der Waals surface area (Å²) in [5, 5.41) is 10.0. The molecular formula is C14H16O3. The van der Waals surface area contributed by atoms with Gasteiger partial charge < -0.3 is 9.84 Å². The molecule has 0 aliphatic carbocycles. The van der Waals surface area contributed by atoms with Crippen LogP contribution in [0.4, 0.5) is 0 Å². The summed E-state index contributed by atoms with van der Waals surface area (Å²) in [6.45, 7) is 7.32. The molecule has 0 spiro atoms. The molecule has 0 amide bonds. The van der Waals surface area contributed by atoms with Crippen LogP contribution in [0, 0.1) is 6.92 Å². The molecule has 0 aliphatic rings. The van der Waals surface area contributed by atoms with Crippen LogP contribution in [0.15, 0.2) is 42.1 Å². The largest absolute Gasteiger partial charge is 0.462 e. The zero-order chi connectivity index (χ0) is 12.8. The lowest BCUT2D eigenvalue weighted by molar-refractivity contribution is -0.139.